The number of thiophene rings is 1. The van der Waals surface area contributed by atoms with Gasteiger partial charge in [0.25, 0.3) is 0 Å². The molecule has 0 spiro atoms. The van der Waals surface area contributed by atoms with Crippen LogP contribution in [-0.2, 0) is 24.1 Å². The van der Waals surface area contributed by atoms with Crippen LogP contribution in [0.3, 0.4) is 0 Å². The molecule has 1 atom stereocenters. The van der Waals surface area contributed by atoms with Crippen molar-refractivity contribution in [3.05, 3.63) is 58.5 Å². The van der Waals surface area contributed by atoms with Gasteiger partial charge in [-0.15, -0.1) is 11.3 Å². The van der Waals surface area contributed by atoms with E-state index in [4.69, 9.17) is 9.47 Å². The molecular formula is C26H28N2O3S. The Balaban J connectivity index is 1.05. The van der Waals surface area contributed by atoms with Crippen LogP contribution in [0, 0.1) is 5.92 Å². The molecule has 1 unspecified atom stereocenters. The second-order valence-corrected chi connectivity index (χ2v) is 10.1. The number of fused-ring (bicyclic) bond motifs is 3. The number of nitrogens with zero attached hydrogens (tertiary/aromatic N) is 2. The maximum absolute atomic E-state index is 13.0. The minimum absolute atomic E-state index is 0.241. The fourth-order valence-electron chi connectivity index (χ4n) is 5.35. The van der Waals surface area contributed by atoms with Gasteiger partial charge in [-0.2, -0.15) is 0 Å². The summed E-state index contributed by atoms with van der Waals surface area (Å²) in [6, 6.07) is 12.8. The Hall–Kier alpha value is -2.57. The molecule has 0 radical (unpaired) electrons. The third-order valence-corrected chi connectivity index (χ3v) is 8.16. The maximum Gasteiger partial charge on any atom is 0.231 e. The first-order valence-corrected chi connectivity index (χ1v) is 12.5. The van der Waals surface area contributed by atoms with Crippen molar-refractivity contribution in [2.75, 3.05) is 39.5 Å². The number of hydrogen-bond acceptors (Lipinski definition) is 5. The molecule has 6 rings (SSSR count). The van der Waals surface area contributed by atoms with Crippen LogP contribution in [0.15, 0.2) is 41.8 Å². The lowest BCUT2D eigenvalue weighted by Gasteiger charge is -2.24. The largest absolute Gasteiger partial charge is 0.454 e. The van der Waals surface area contributed by atoms with Crippen molar-refractivity contribution >= 4 is 27.3 Å². The zero-order valence-electron chi connectivity index (χ0n) is 18.2. The van der Waals surface area contributed by atoms with Crippen LogP contribution < -0.4 is 9.47 Å². The number of carbonyl (C=O) groups is 1. The Morgan fingerprint density at radius 1 is 1.06 bits per heavy atom. The van der Waals surface area contributed by atoms with Crippen molar-refractivity contribution < 1.29 is 14.3 Å². The Kier molecular flexibility index (Phi) is 5.27. The van der Waals surface area contributed by atoms with E-state index in [0.29, 0.717) is 12.3 Å². The quantitative estimate of drug-likeness (QED) is 0.589. The van der Waals surface area contributed by atoms with Gasteiger partial charge >= 0.3 is 0 Å². The average molecular weight is 449 g/mol. The molecule has 3 aliphatic heterocycles. The average Bonchev–Trinajstić information content (AvgIpc) is 3.52. The summed E-state index contributed by atoms with van der Waals surface area (Å²) in [5.74, 6) is 2.39. The first kappa shape index (κ1) is 20.1. The number of likely N-dealkylation sites (tertiary alicyclic amines) is 1. The highest BCUT2D eigenvalue weighted by Gasteiger charge is 2.29. The molecule has 166 valence electrons. The highest BCUT2D eigenvalue weighted by molar-refractivity contribution is 7.17. The molecular weight excluding hydrogens is 420 g/mol. The third-order valence-electron chi connectivity index (χ3n) is 7.15. The molecule has 1 aromatic heterocycles. The lowest BCUT2D eigenvalue weighted by molar-refractivity contribution is -0.130. The Bertz CT molecular complexity index is 1160. The summed E-state index contributed by atoms with van der Waals surface area (Å²) >= 11 is 1.85. The highest BCUT2D eigenvalue weighted by atomic mass is 32.1. The van der Waals surface area contributed by atoms with Crippen LogP contribution in [0.1, 0.15) is 23.1 Å². The Morgan fingerprint density at radius 2 is 1.91 bits per heavy atom. The molecule has 0 saturated carbocycles. The van der Waals surface area contributed by atoms with Crippen molar-refractivity contribution in [2.45, 2.75) is 25.7 Å². The fourth-order valence-corrected chi connectivity index (χ4v) is 6.35. The van der Waals surface area contributed by atoms with Gasteiger partial charge in [-0.3, -0.25) is 4.79 Å². The summed E-state index contributed by atoms with van der Waals surface area (Å²) in [7, 11) is 0. The van der Waals surface area contributed by atoms with E-state index in [1.807, 2.05) is 17.4 Å². The van der Waals surface area contributed by atoms with E-state index in [-0.39, 0.29) is 12.7 Å². The van der Waals surface area contributed by atoms with Gasteiger partial charge in [0.2, 0.25) is 12.7 Å². The molecule has 0 N–H and O–H groups in total. The van der Waals surface area contributed by atoms with E-state index in [1.54, 1.807) is 0 Å². The van der Waals surface area contributed by atoms with Gasteiger partial charge in [0.1, 0.15) is 0 Å². The predicted molar refractivity (Wildman–Crippen MR) is 127 cm³/mol. The van der Waals surface area contributed by atoms with Crippen molar-refractivity contribution in [3.63, 3.8) is 0 Å². The number of benzene rings is 2. The minimum atomic E-state index is 0.241. The van der Waals surface area contributed by atoms with Gasteiger partial charge in [0.05, 0.1) is 6.42 Å². The summed E-state index contributed by atoms with van der Waals surface area (Å²) in [6.07, 6.45) is 3.63. The van der Waals surface area contributed by atoms with Crippen LogP contribution in [0.25, 0.3) is 10.1 Å². The SMILES string of the molecule is O=C1Cc2cc3c(cc2CCN1CC1CCN(CCc2csc4ccccc24)C1)OCO3. The number of rotatable bonds is 5. The van der Waals surface area contributed by atoms with Crippen molar-refractivity contribution in [1.82, 2.24) is 9.80 Å². The van der Waals surface area contributed by atoms with E-state index < -0.39 is 0 Å². The highest BCUT2D eigenvalue weighted by Crippen LogP contribution is 2.36. The van der Waals surface area contributed by atoms with E-state index in [0.717, 1.165) is 62.6 Å². The van der Waals surface area contributed by atoms with Gasteiger partial charge in [-0.25, -0.2) is 0 Å². The fraction of sp³-hybridized carbons (Fsp3) is 0.423. The molecule has 4 heterocycles. The minimum Gasteiger partial charge on any atom is -0.454 e. The first-order chi connectivity index (χ1) is 15.7. The van der Waals surface area contributed by atoms with Crippen molar-refractivity contribution in [1.29, 1.82) is 0 Å². The van der Waals surface area contributed by atoms with Crippen LogP contribution in [0.4, 0.5) is 0 Å². The second kappa shape index (κ2) is 8.41. The monoisotopic (exact) mass is 448 g/mol. The molecule has 32 heavy (non-hydrogen) atoms. The summed E-state index contributed by atoms with van der Waals surface area (Å²) < 4.78 is 12.4. The zero-order valence-corrected chi connectivity index (χ0v) is 19.0. The lowest BCUT2D eigenvalue weighted by Crippen LogP contribution is -2.37. The number of hydrogen-bond donors (Lipinski definition) is 0. The van der Waals surface area contributed by atoms with Gasteiger partial charge in [0, 0.05) is 30.9 Å². The van der Waals surface area contributed by atoms with Gasteiger partial charge in [0.15, 0.2) is 11.5 Å². The van der Waals surface area contributed by atoms with Crippen molar-refractivity contribution in [3.8, 4) is 11.5 Å². The number of ether oxygens (including phenoxy) is 2. The summed E-state index contributed by atoms with van der Waals surface area (Å²) in [4.78, 5) is 17.7. The maximum atomic E-state index is 13.0. The normalized spacial score (nSPS) is 20.7. The van der Waals surface area contributed by atoms with E-state index in [2.05, 4.69) is 45.5 Å². The Labute approximate surface area is 192 Å². The van der Waals surface area contributed by atoms with Gasteiger partial charge in [-0.05, 0) is 77.4 Å². The van der Waals surface area contributed by atoms with Gasteiger partial charge in [-0.1, -0.05) is 18.2 Å². The summed E-state index contributed by atoms with van der Waals surface area (Å²) in [6.45, 7) is 5.27. The standard InChI is InChI=1S/C26H28N2O3S/c29-26-13-21-12-24-23(30-17-31-24)11-19(21)7-10-28(26)15-18-5-8-27(14-18)9-6-20-16-32-25-4-2-1-3-22(20)25/h1-4,11-12,16,18H,5-10,13-15,17H2. The topological polar surface area (TPSA) is 42.0 Å². The molecule has 1 fully saturated rings. The first-order valence-electron chi connectivity index (χ1n) is 11.6. The van der Waals surface area contributed by atoms with Crippen LogP contribution >= 0.6 is 11.3 Å². The van der Waals surface area contributed by atoms with E-state index >= 15 is 0 Å². The molecule has 3 aromatic rings. The molecule has 1 saturated heterocycles. The zero-order chi connectivity index (χ0) is 21.5. The summed E-state index contributed by atoms with van der Waals surface area (Å²) in [5, 5.41) is 3.72. The molecule has 1 amide bonds. The number of amides is 1. The summed E-state index contributed by atoms with van der Waals surface area (Å²) in [5.41, 5.74) is 3.79. The smallest absolute Gasteiger partial charge is 0.231 e. The van der Waals surface area contributed by atoms with Crippen LogP contribution in [0.2, 0.25) is 0 Å². The third kappa shape index (κ3) is 3.86. The molecule has 3 aliphatic rings. The Morgan fingerprint density at radius 3 is 2.81 bits per heavy atom. The van der Waals surface area contributed by atoms with Crippen LogP contribution in [-0.4, -0.2) is 55.2 Å². The van der Waals surface area contributed by atoms with Crippen molar-refractivity contribution in [2.24, 2.45) is 5.92 Å². The molecule has 5 nitrogen and oxygen atoms in total. The van der Waals surface area contributed by atoms with E-state index in [1.165, 1.54) is 27.6 Å². The van der Waals surface area contributed by atoms with E-state index in [9.17, 15) is 4.79 Å². The van der Waals surface area contributed by atoms with Crippen LogP contribution in [0.5, 0.6) is 11.5 Å². The molecule has 0 bridgehead atoms. The lowest BCUT2D eigenvalue weighted by atomic mass is 10.0. The van der Waals surface area contributed by atoms with Gasteiger partial charge < -0.3 is 19.3 Å². The predicted octanol–water partition coefficient (Wildman–Crippen LogP) is 4.12. The second-order valence-electron chi connectivity index (χ2n) is 9.20. The molecule has 0 aliphatic carbocycles. The molecule has 6 heteroatoms. The molecule has 2 aromatic carbocycles. The number of carbonyl (C=O) groups excluding carboxylic acids is 1.